The van der Waals surface area contributed by atoms with Crippen molar-refractivity contribution in [2.75, 3.05) is 0 Å². The van der Waals surface area contributed by atoms with Crippen molar-refractivity contribution in [1.29, 1.82) is 0 Å². The summed E-state index contributed by atoms with van der Waals surface area (Å²) in [6, 6.07) is 0. The van der Waals surface area contributed by atoms with Gasteiger partial charge in [0.25, 0.3) is 0 Å². The van der Waals surface area contributed by atoms with Gasteiger partial charge in [0.2, 0.25) is 5.91 Å². The van der Waals surface area contributed by atoms with Gasteiger partial charge in [0, 0.05) is 5.92 Å². The molecule has 3 heteroatoms. The molecule has 0 unspecified atom stereocenters. The van der Waals surface area contributed by atoms with Gasteiger partial charge in [-0.1, -0.05) is 12.8 Å². The fourth-order valence-electron chi connectivity index (χ4n) is 1.90. The fourth-order valence-corrected chi connectivity index (χ4v) is 1.90. The molecular weight excluding hydrogens is 166 g/mol. The van der Waals surface area contributed by atoms with Crippen molar-refractivity contribution < 1.29 is 9.63 Å². The van der Waals surface area contributed by atoms with Crippen LogP contribution in [0, 0.1) is 5.92 Å². The number of nitrogens with one attached hydrogen (secondary N) is 1. The normalized spacial score (nSPS) is 24.3. The van der Waals surface area contributed by atoms with Crippen molar-refractivity contribution in [3.05, 3.63) is 0 Å². The van der Waals surface area contributed by atoms with Crippen LogP contribution in [0.4, 0.5) is 0 Å². The van der Waals surface area contributed by atoms with Crippen LogP contribution in [0.2, 0.25) is 0 Å². The Labute approximate surface area is 78.8 Å². The number of hydrogen-bond donors (Lipinski definition) is 1. The SMILES string of the molecule is O=C(NOC1CCC1)C1CCCC1. The van der Waals surface area contributed by atoms with E-state index in [9.17, 15) is 4.79 Å². The zero-order chi connectivity index (χ0) is 9.10. The van der Waals surface area contributed by atoms with Crippen LogP contribution < -0.4 is 5.48 Å². The summed E-state index contributed by atoms with van der Waals surface area (Å²) in [5.41, 5.74) is 2.59. The minimum Gasteiger partial charge on any atom is -0.273 e. The van der Waals surface area contributed by atoms with Crippen molar-refractivity contribution in [3.8, 4) is 0 Å². The summed E-state index contributed by atoms with van der Waals surface area (Å²) in [6.07, 6.45) is 8.22. The number of amides is 1. The Morgan fingerprint density at radius 2 is 1.77 bits per heavy atom. The number of carbonyl (C=O) groups is 1. The quantitative estimate of drug-likeness (QED) is 0.677. The molecular formula is C10H17NO2. The lowest BCUT2D eigenvalue weighted by atomic mass is 9.97. The molecule has 3 nitrogen and oxygen atoms in total. The Kier molecular flexibility index (Phi) is 2.83. The first-order valence-corrected chi connectivity index (χ1v) is 5.32. The zero-order valence-electron chi connectivity index (χ0n) is 7.92. The first-order valence-electron chi connectivity index (χ1n) is 5.32. The molecule has 1 N–H and O–H groups in total. The lowest BCUT2D eigenvalue weighted by Gasteiger charge is -2.25. The van der Waals surface area contributed by atoms with Gasteiger partial charge in [-0.05, 0) is 32.1 Å². The Morgan fingerprint density at radius 3 is 2.31 bits per heavy atom. The van der Waals surface area contributed by atoms with Crippen LogP contribution in [0.5, 0.6) is 0 Å². The van der Waals surface area contributed by atoms with E-state index in [4.69, 9.17) is 4.84 Å². The average molecular weight is 183 g/mol. The van der Waals surface area contributed by atoms with E-state index < -0.39 is 0 Å². The average Bonchev–Trinajstić information content (AvgIpc) is 2.52. The number of hydrogen-bond acceptors (Lipinski definition) is 2. The summed E-state index contributed by atoms with van der Waals surface area (Å²) < 4.78 is 0. The number of rotatable bonds is 3. The molecule has 0 aliphatic heterocycles. The minimum atomic E-state index is 0.101. The molecule has 0 atom stereocenters. The molecule has 0 radical (unpaired) electrons. The Balaban J connectivity index is 1.65. The number of hydroxylamine groups is 1. The van der Waals surface area contributed by atoms with Crippen molar-refractivity contribution in [2.45, 2.75) is 51.0 Å². The summed E-state index contributed by atoms with van der Waals surface area (Å²) in [5, 5.41) is 0. The van der Waals surface area contributed by atoms with Gasteiger partial charge in [-0.25, -0.2) is 5.48 Å². The summed E-state index contributed by atoms with van der Waals surface area (Å²) >= 11 is 0. The molecule has 1 amide bonds. The molecule has 0 bridgehead atoms. The molecule has 0 aromatic rings. The molecule has 2 aliphatic carbocycles. The van der Waals surface area contributed by atoms with Gasteiger partial charge in [-0.3, -0.25) is 9.63 Å². The van der Waals surface area contributed by atoms with Crippen LogP contribution in [-0.4, -0.2) is 12.0 Å². The van der Waals surface area contributed by atoms with Crippen molar-refractivity contribution >= 4 is 5.91 Å². The van der Waals surface area contributed by atoms with E-state index in [-0.39, 0.29) is 11.8 Å². The third-order valence-corrected chi connectivity index (χ3v) is 3.10. The maximum absolute atomic E-state index is 11.5. The molecule has 74 valence electrons. The summed E-state index contributed by atoms with van der Waals surface area (Å²) in [5.74, 6) is 0.324. The number of carbonyl (C=O) groups excluding carboxylic acids is 1. The van der Waals surface area contributed by atoms with Crippen LogP contribution >= 0.6 is 0 Å². The monoisotopic (exact) mass is 183 g/mol. The third-order valence-electron chi connectivity index (χ3n) is 3.10. The molecule has 2 saturated carbocycles. The molecule has 2 fully saturated rings. The van der Waals surface area contributed by atoms with Gasteiger partial charge in [0.15, 0.2) is 0 Å². The highest BCUT2D eigenvalue weighted by atomic mass is 16.7. The standard InChI is InChI=1S/C10H17NO2/c12-10(8-4-1-2-5-8)11-13-9-6-3-7-9/h8-9H,1-7H2,(H,11,12). The van der Waals surface area contributed by atoms with E-state index in [1.54, 1.807) is 0 Å². The molecule has 0 heterocycles. The van der Waals surface area contributed by atoms with Crippen LogP contribution in [0.15, 0.2) is 0 Å². The highest BCUT2D eigenvalue weighted by molar-refractivity contribution is 5.77. The lowest BCUT2D eigenvalue weighted by Crippen LogP contribution is -2.36. The van der Waals surface area contributed by atoms with Crippen LogP contribution in [-0.2, 0) is 9.63 Å². The topological polar surface area (TPSA) is 38.3 Å². The van der Waals surface area contributed by atoms with E-state index in [0.29, 0.717) is 6.10 Å². The van der Waals surface area contributed by atoms with Crippen molar-refractivity contribution in [1.82, 2.24) is 5.48 Å². The predicted octanol–water partition coefficient (Wildman–Crippen LogP) is 1.78. The highest BCUT2D eigenvalue weighted by Gasteiger charge is 2.25. The summed E-state index contributed by atoms with van der Waals surface area (Å²) in [6.45, 7) is 0. The molecule has 2 aliphatic rings. The van der Waals surface area contributed by atoms with Gasteiger partial charge >= 0.3 is 0 Å². The molecule has 0 aromatic heterocycles. The van der Waals surface area contributed by atoms with E-state index in [2.05, 4.69) is 5.48 Å². The summed E-state index contributed by atoms with van der Waals surface area (Å²) in [7, 11) is 0. The van der Waals surface area contributed by atoms with E-state index in [0.717, 1.165) is 25.7 Å². The second kappa shape index (κ2) is 4.09. The van der Waals surface area contributed by atoms with Gasteiger partial charge in [-0.15, -0.1) is 0 Å². The summed E-state index contributed by atoms with van der Waals surface area (Å²) in [4.78, 5) is 16.7. The van der Waals surface area contributed by atoms with Crippen molar-refractivity contribution in [2.24, 2.45) is 5.92 Å². The molecule has 0 saturated heterocycles. The van der Waals surface area contributed by atoms with Crippen molar-refractivity contribution in [3.63, 3.8) is 0 Å². The Morgan fingerprint density at radius 1 is 1.08 bits per heavy atom. The Bertz CT molecular complexity index is 183. The van der Waals surface area contributed by atoms with Crippen LogP contribution in [0.1, 0.15) is 44.9 Å². The molecule has 0 aromatic carbocycles. The van der Waals surface area contributed by atoms with Gasteiger partial charge < -0.3 is 0 Å². The molecule has 0 spiro atoms. The first-order chi connectivity index (χ1) is 6.36. The maximum atomic E-state index is 11.5. The van der Waals surface area contributed by atoms with E-state index >= 15 is 0 Å². The minimum absolute atomic E-state index is 0.101. The smallest absolute Gasteiger partial charge is 0.246 e. The Hall–Kier alpha value is -0.570. The fraction of sp³-hybridized carbons (Fsp3) is 0.900. The largest absolute Gasteiger partial charge is 0.273 e. The lowest BCUT2D eigenvalue weighted by molar-refractivity contribution is -0.146. The van der Waals surface area contributed by atoms with Gasteiger partial charge in [0.1, 0.15) is 0 Å². The van der Waals surface area contributed by atoms with Gasteiger partial charge in [0.05, 0.1) is 6.10 Å². The van der Waals surface area contributed by atoms with Crippen LogP contribution in [0.3, 0.4) is 0 Å². The molecule has 13 heavy (non-hydrogen) atoms. The van der Waals surface area contributed by atoms with Gasteiger partial charge in [-0.2, -0.15) is 0 Å². The van der Waals surface area contributed by atoms with Crippen LogP contribution in [0.25, 0.3) is 0 Å². The van der Waals surface area contributed by atoms with E-state index in [1.165, 1.54) is 19.3 Å². The first kappa shape index (κ1) is 9.00. The zero-order valence-corrected chi connectivity index (χ0v) is 7.92. The molecule has 2 rings (SSSR count). The van der Waals surface area contributed by atoms with E-state index in [1.807, 2.05) is 0 Å². The third kappa shape index (κ3) is 2.21. The highest BCUT2D eigenvalue weighted by Crippen LogP contribution is 2.25. The predicted molar refractivity (Wildman–Crippen MR) is 48.8 cm³/mol. The second-order valence-electron chi connectivity index (χ2n) is 4.12. The maximum Gasteiger partial charge on any atom is 0.246 e. The second-order valence-corrected chi connectivity index (χ2v) is 4.12.